The van der Waals surface area contributed by atoms with Crippen molar-refractivity contribution in [2.45, 2.75) is 26.4 Å². The summed E-state index contributed by atoms with van der Waals surface area (Å²) in [6.07, 6.45) is 0.922. The molecule has 0 fully saturated rings. The van der Waals surface area contributed by atoms with Gasteiger partial charge in [-0.3, -0.25) is 9.56 Å². The van der Waals surface area contributed by atoms with Crippen LogP contribution in [0.3, 0.4) is 0 Å². The van der Waals surface area contributed by atoms with Crippen molar-refractivity contribution in [2.75, 3.05) is 5.32 Å². The van der Waals surface area contributed by atoms with E-state index in [-0.39, 0.29) is 12.6 Å². The molecule has 1 aliphatic rings. The lowest BCUT2D eigenvalue weighted by molar-refractivity contribution is 0.251. The lowest BCUT2D eigenvalue weighted by Crippen LogP contribution is -2.29. The maximum atomic E-state index is 12.5. The first kappa shape index (κ1) is 21.4. The molecule has 4 aromatic rings. The van der Waals surface area contributed by atoms with Gasteiger partial charge in [-0.15, -0.1) is 21.5 Å². The molecule has 0 unspecified atom stereocenters. The highest BCUT2D eigenvalue weighted by atomic mass is 35.5. The van der Waals surface area contributed by atoms with Gasteiger partial charge in [-0.25, -0.2) is 4.79 Å². The van der Waals surface area contributed by atoms with Gasteiger partial charge in [0.15, 0.2) is 11.6 Å². The van der Waals surface area contributed by atoms with Crippen LogP contribution in [-0.2, 0) is 19.5 Å². The van der Waals surface area contributed by atoms with Crippen LogP contribution in [0.15, 0.2) is 65.7 Å². The molecule has 2 aromatic heterocycles. The quantitative estimate of drug-likeness (QED) is 0.414. The second-order valence-electron chi connectivity index (χ2n) is 7.47. The number of aromatic nitrogens is 3. The number of para-hydroxylation sites is 1. The number of hydrogen-bond acceptors (Lipinski definition) is 5. The number of carbonyl (C=O) groups excluding carboxylic acids is 1. The first-order valence-corrected chi connectivity index (χ1v) is 11.8. The zero-order valence-corrected chi connectivity index (χ0v) is 19.5. The van der Waals surface area contributed by atoms with E-state index in [0.717, 1.165) is 34.1 Å². The van der Waals surface area contributed by atoms with Gasteiger partial charge in [-0.2, -0.15) is 0 Å². The van der Waals surface area contributed by atoms with Crippen molar-refractivity contribution in [2.24, 2.45) is 4.99 Å². The number of rotatable bonds is 5. The van der Waals surface area contributed by atoms with E-state index in [9.17, 15) is 4.79 Å². The van der Waals surface area contributed by atoms with Gasteiger partial charge in [0.2, 0.25) is 0 Å². The number of nitrogens with one attached hydrogen (secondary N) is 2. The fourth-order valence-electron chi connectivity index (χ4n) is 3.71. The Hall–Kier alpha value is -3.49. The van der Waals surface area contributed by atoms with Crippen molar-refractivity contribution in [1.82, 2.24) is 20.1 Å². The highest BCUT2D eigenvalue weighted by Crippen LogP contribution is 2.33. The standard InChI is InChI=1S/C24H21ClN6OS/c1-2-16-12-17-22(15-8-4-3-5-9-15)26-13-20-29-30-21(31(20)23(17)33-16)14-27-24(32)28-19-11-7-6-10-18(19)25/h3-12H,2,13-14H2,1H3,(H2,27,28,32). The van der Waals surface area contributed by atoms with E-state index >= 15 is 0 Å². The fourth-order valence-corrected chi connectivity index (χ4v) is 5.03. The fraction of sp³-hybridized carbons (Fsp3) is 0.167. The van der Waals surface area contributed by atoms with Gasteiger partial charge in [0.05, 0.1) is 23.0 Å². The Labute approximate surface area is 200 Å². The van der Waals surface area contributed by atoms with Crippen LogP contribution in [0.4, 0.5) is 10.5 Å². The average Bonchev–Trinajstić information content (AvgIpc) is 3.40. The van der Waals surface area contributed by atoms with Crippen molar-refractivity contribution in [3.05, 3.63) is 93.3 Å². The smallest absolute Gasteiger partial charge is 0.319 e. The molecule has 0 atom stereocenters. The molecule has 0 bridgehead atoms. The van der Waals surface area contributed by atoms with Crippen molar-refractivity contribution in [3.8, 4) is 5.00 Å². The third-order valence-corrected chi connectivity index (χ3v) is 6.92. The number of carbonyl (C=O) groups is 1. The molecule has 7 nitrogen and oxygen atoms in total. The van der Waals surface area contributed by atoms with Crippen LogP contribution in [0.2, 0.25) is 5.02 Å². The molecule has 5 rings (SSSR count). The molecule has 3 heterocycles. The summed E-state index contributed by atoms with van der Waals surface area (Å²) in [5.41, 5.74) is 3.62. The van der Waals surface area contributed by atoms with Gasteiger partial charge in [-0.1, -0.05) is 61.0 Å². The number of anilines is 1. The number of urea groups is 1. The van der Waals surface area contributed by atoms with Crippen LogP contribution in [0.25, 0.3) is 5.00 Å². The van der Waals surface area contributed by atoms with Gasteiger partial charge in [0.25, 0.3) is 0 Å². The molecule has 33 heavy (non-hydrogen) atoms. The summed E-state index contributed by atoms with van der Waals surface area (Å²) in [6, 6.07) is 19.1. The molecular weight excluding hydrogens is 456 g/mol. The van der Waals surface area contributed by atoms with E-state index in [0.29, 0.717) is 23.1 Å². The highest BCUT2D eigenvalue weighted by Gasteiger charge is 2.25. The Bertz CT molecular complexity index is 1340. The number of aryl methyl sites for hydroxylation is 1. The highest BCUT2D eigenvalue weighted by molar-refractivity contribution is 7.15. The van der Waals surface area contributed by atoms with E-state index in [4.69, 9.17) is 16.6 Å². The van der Waals surface area contributed by atoms with E-state index in [1.165, 1.54) is 4.88 Å². The zero-order valence-electron chi connectivity index (χ0n) is 17.9. The molecular formula is C24H21ClN6OS. The maximum Gasteiger partial charge on any atom is 0.319 e. The van der Waals surface area contributed by atoms with Crippen molar-refractivity contribution in [3.63, 3.8) is 0 Å². The monoisotopic (exact) mass is 476 g/mol. The Morgan fingerprint density at radius 3 is 2.70 bits per heavy atom. The Morgan fingerprint density at radius 2 is 1.91 bits per heavy atom. The summed E-state index contributed by atoms with van der Waals surface area (Å²) < 4.78 is 2.02. The Kier molecular flexibility index (Phi) is 5.93. The first-order valence-electron chi connectivity index (χ1n) is 10.6. The normalized spacial score (nSPS) is 12.4. The van der Waals surface area contributed by atoms with Crippen LogP contribution in [0.1, 0.15) is 34.6 Å². The molecule has 1 aliphatic heterocycles. The SMILES string of the molecule is CCc1cc2c(s1)-n1c(nnc1CNC(=O)Nc1ccccc1Cl)CN=C2c1ccccc1. The van der Waals surface area contributed by atoms with Crippen LogP contribution >= 0.6 is 22.9 Å². The molecule has 166 valence electrons. The van der Waals surface area contributed by atoms with E-state index in [1.54, 1.807) is 23.5 Å². The topological polar surface area (TPSA) is 84.2 Å². The lowest BCUT2D eigenvalue weighted by atomic mass is 10.0. The van der Waals surface area contributed by atoms with Crippen LogP contribution < -0.4 is 10.6 Å². The van der Waals surface area contributed by atoms with E-state index in [2.05, 4.69) is 46.0 Å². The average molecular weight is 477 g/mol. The molecule has 2 aromatic carbocycles. The second kappa shape index (κ2) is 9.17. The minimum atomic E-state index is -0.365. The molecule has 0 saturated carbocycles. The number of amides is 2. The Morgan fingerprint density at radius 1 is 1.12 bits per heavy atom. The molecule has 0 radical (unpaired) electrons. The number of hydrogen-bond donors (Lipinski definition) is 2. The number of halogens is 1. The summed E-state index contributed by atoms with van der Waals surface area (Å²) in [5.74, 6) is 1.39. The van der Waals surface area contributed by atoms with Gasteiger partial charge in [0, 0.05) is 16.0 Å². The summed E-state index contributed by atoms with van der Waals surface area (Å²) in [4.78, 5) is 18.6. The third-order valence-electron chi connectivity index (χ3n) is 5.32. The number of nitrogens with zero attached hydrogens (tertiary/aromatic N) is 4. The summed E-state index contributed by atoms with van der Waals surface area (Å²) in [6.45, 7) is 2.76. The van der Waals surface area contributed by atoms with Crippen LogP contribution in [0, 0.1) is 0 Å². The van der Waals surface area contributed by atoms with Gasteiger partial charge in [-0.05, 0) is 24.6 Å². The van der Waals surface area contributed by atoms with E-state index < -0.39 is 0 Å². The number of thiophene rings is 1. The van der Waals surface area contributed by atoms with Gasteiger partial charge < -0.3 is 10.6 Å². The maximum absolute atomic E-state index is 12.5. The van der Waals surface area contributed by atoms with Crippen molar-refractivity contribution < 1.29 is 4.79 Å². The number of benzene rings is 2. The largest absolute Gasteiger partial charge is 0.331 e. The molecule has 9 heteroatoms. The molecule has 0 saturated heterocycles. The number of aliphatic imine (C=N–C) groups is 1. The second-order valence-corrected chi connectivity index (χ2v) is 8.99. The predicted molar refractivity (Wildman–Crippen MR) is 132 cm³/mol. The van der Waals surface area contributed by atoms with Gasteiger partial charge in [0.1, 0.15) is 11.5 Å². The van der Waals surface area contributed by atoms with Crippen molar-refractivity contribution >= 4 is 40.4 Å². The van der Waals surface area contributed by atoms with Crippen molar-refractivity contribution in [1.29, 1.82) is 0 Å². The molecule has 2 N–H and O–H groups in total. The molecule has 0 aliphatic carbocycles. The summed E-state index contributed by atoms with van der Waals surface area (Å²) >= 11 is 7.84. The minimum absolute atomic E-state index is 0.211. The lowest BCUT2D eigenvalue weighted by Gasteiger charge is -2.11. The van der Waals surface area contributed by atoms with Gasteiger partial charge >= 0.3 is 6.03 Å². The van der Waals surface area contributed by atoms with Crippen LogP contribution in [0.5, 0.6) is 0 Å². The van der Waals surface area contributed by atoms with E-state index in [1.807, 2.05) is 34.9 Å². The third kappa shape index (κ3) is 4.27. The zero-order chi connectivity index (χ0) is 22.8. The number of fused-ring (bicyclic) bond motifs is 3. The molecule has 0 spiro atoms. The first-order chi connectivity index (χ1) is 16.1. The summed E-state index contributed by atoms with van der Waals surface area (Å²) in [5, 5.41) is 15.9. The summed E-state index contributed by atoms with van der Waals surface area (Å²) in [7, 11) is 0. The minimum Gasteiger partial charge on any atom is -0.331 e. The predicted octanol–water partition coefficient (Wildman–Crippen LogP) is 5.22. The van der Waals surface area contributed by atoms with Crippen LogP contribution in [-0.4, -0.2) is 26.5 Å². The molecule has 2 amide bonds. The Balaban J connectivity index is 1.44.